The smallest absolute Gasteiger partial charge is 0.266 e. The van der Waals surface area contributed by atoms with Crippen molar-refractivity contribution in [3.8, 4) is 17.6 Å². The van der Waals surface area contributed by atoms with Crippen molar-refractivity contribution in [1.29, 1.82) is 5.26 Å². The minimum atomic E-state index is -4.09. The molecule has 0 unspecified atom stereocenters. The number of nitrogens with one attached hydrogen (secondary N) is 1. The van der Waals surface area contributed by atoms with Crippen LogP contribution < -0.4 is 9.46 Å². The van der Waals surface area contributed by atoms with Gasteiger partial charge in [-0.25, -0.2) is 13.4 Å². The second-order valence-electron chi connectivity index (χ2n) is 6.99. The van der Waals surface area contributed by atoms with Gasteiger partial charge in [-0.15, -0.1) is 0 Å². The average Bonchev–Trinajstić information content (AvgIpc) is 3.16. The zero-order valence-electron chi connectivity index (χ0n) is 17.1. The Morgan fingerprint density at radius 2 is 1.84 bits per heavy atom. The molecule has 2 heterocycles. The van der Waals surface area contributed by atoms with Gasteiger partial charge in [-0.2, -0.15) is 15.0 Å². The maximum atomic E-state index is 13.2. The Morgan fingerprint density at radius 3 is 2.58 bits per heavy atom. The Morgan fingerprint density at radius 1 is 1.10 bits per heavy atom. The van der Waals surface area contributed by atoms with Crippen molar-refractivity contribution in [1.82, 2.24) is 14.8 Å². The average molecular weight is 433 g/mol. The number of sulfonamides is 1. The van der Waals surface area contributed by atoms with E-state index in [1.807, 2.05) is 50.2 Å². The molecule has 0 spiro atoms. The fourth-order valence-corrected chi connectivity index (χ4v) is 4.49. The van der Waals surface area contributed by atoms with Crippen molar-refractivity contribution < 1.29 is 13.2 Å². The molecule has 2 aromatic heterocycles. The molecule has 0 saturated carbocycles. The lowest BCUT2D eigenvalue weighted by atomic mass is 10.1. The third-order valence-corrected chi connectivity index (χ3v) is 6.35. The first-order valence-corrected chi connectivity index (χ1v) is 10.8. The molecule has 4 aromatic rings. The lowest BCUT2D eigenvalue weighted by Gasteiger charge is -2.15. The van der Waals surface area contributed by atoms with E-state index in [1.54, 1.807) is 12.1 Å². The molecule has 2 aromatic carbocycles. The molecule has 0 aliphatic heterocycles. The number of fused-ring (bicyclic) bond motifs is 1. The number of aryl methyl sites for hydroxylation is 2. The maximum Gasteiger partial charge on any atom is 0.266 e. The highest BCUT2D eigenvalue weighted by Crippen LogP contribution is 2.30. The lowest BCUT2D eigenvalue weighted by Crippen LogP contribution is -2.18. The van der Waals surface area contributed by atoms with E-state index in [4.69, 9.17) is 4.74 Å². The SMILES string of the molecule is COc1cc(C)c(C)cc1S(=O)(=O)Nc1c(C#N)cnn1-c1ccc2ccccc2n1. The third kappa shape index (κ3) is 3.69. The summed E-state index contributed by atoms with van der Waals surface area (Å²) < 4.78 is 35.6. The zero-order valence-corrected chi connectivity index (χ0v) is 17.9. The summed E-state index contributed by atoms with van der Waals surface area (Å²) in [4.78, 5) is 4.52. The summed E-state index contributed by atoms with van der Waals surface area (Å²) in [6.07, 6.45) is 1.30. The zero-order chi connectivity index (χ0) is 22.2. The van der Waals surface area contributed by atoms with Gasteiger partial charge in [-0.3, -0.25) is 4.72 Å². The monoisotopic (exact) mass is 433 g/mol. The van der Waals surface area contributed by atoms with Crippen LogP contribution in [-0.2, 0) is 10.0 Å². The molecule has 0 aliphatic rings. The lowest BCUT2D eigenvalue weighted by molar-refractivity contribution is 0.402. The van der Waals surface area contributed by atoms with Crippen molar-refractivity contribution in [2.24, 2.45) is 0 Å². The molecule has 0 saturated heterocycles. The van der Waals surface area contributed by atoms with E-state index in [9.17, 15) is 13.7 Å². The molecule has 9 heteroatoms. The number of para-hydroxylation sites is 1. The van der Waals surface area contributed by atoms with E-state index in [-0.39, 0.29) is 22.0 Å². The first-order chi connectivity index (χ1) is 14.8. The second-order valence-corrected chi connectivity index (χ2v) is 8.64. The van der Waals surface area contributed by atoms with Gasteiger partial charge in [0, 0.05) is 5.39 Å². The largest absolute Gasteiger partial charge is 0.495 e. The van der Waals surface area contributed by atoms with Gasteiger partial charge in [0.1, 0.15) is 22.3 Å². The first kappa shape index (κ1) is 20.4. The van der Waals surface area contributed by atoms with Gasteiger partial charge in [0.05, 0.1) is 18.8 Å². The minimum Gasteiger partial charge on any atom is -0.495 e. The van der Waals surface area contributed by atoms with Crippen LogP contribution in [0.2, 0.25) is 0 Å². The topological polar surface area (TPSA) is 110 Å². The molecule has 0 amide bonds. The van der Waals surface area contributed by atoms with Crippen molar-refractivity contribution in [2.75, 3.05) is 11.8 Å². The van der Waals surface area contributed by atoms with Gasteiger partial charge in [0.25, 0.3) is 10.0 Å². The highest BCUT2D eigenvalue weighted by molar-refractivity contribution is 7.92. The minimum absolute atomic E-state index is 0.00515. The summed E-state index contributed by atoms with van der Waals surface area (Å²) in [6.45, 7) is 3.69. The molecule has 31 heavy (non-hydrogen) atoms. The number of benzene rings is 2. The van der Waals surface area contributed by atoms with E-state index in [2.05, 4.69) is 14.8 Å². The van der Waals surface area contributed by atoms with Crippen LogP contribution in [-0.4, -0.2) is 30.3 Å². The van der Waals surface area contributed by atoms with Crippen LogP contribution in [0.15, 0.2) is 59.6 Å². The molecule has 0 radical (unpaired) electrons. The predicted octanol–water partition coefficient (Wildman–Crippen LogP) is 3.72. The van der Waals surface area contributed by atoms with Crippen LogP contribution >= 0.6 is 0 Å². The molecular formula is C22H19N5O3S. The van der Waals surface area contributed by atoms with Crippen LogP contribution in [0.1, 0.15) is 16.7 Å². The maximum absolute atomic E-state index is 13.2. The standard InChI is InChI=1S/C22H19N5O3S/c1-14-10-19(30-3)20(11-15(14)2)31(28,29)26-22-17(12-23)13-24-27(22)21-9-8-16-6-4-5-7-18(16)25-21/h4-11,13,26H,1-3H3. The van der Waals surface area contributed by atoms with Crippen LogP contribution in [0.5, 0.6) is 5.75 Å². The number of aromatic nitrogens is 3. The normalized spacial score (nSPS) is 11.3. The van der Waals surface area contributed by atoms with Crippen molar-refractivity contribution in [2.45, 2.75) is 18.7 Å². The Hall–Kier alpha value is -3.90. The Balaban J connectivity index is 1.83. The van der Waals surface area contributed by atoms with Gasteiger partial charge in [0.15, 0.2) is 11.6 Å². The van der Waals surface area contributed by atoms with Crippen molar-refractivity contribution in [3.05, 3.63) is 71.4 Å². The molecule has 8 nitrogen and oxygen atoms in total. The molecule has 0 bridgehead atoms. The fraction of sp³-hybridized carbons (Fsp3) is 0.136. The van der Waals surface area contributed by atoms with Gasteiger partial charge in [0.2, 0.25) is 0 Å². The van der Waals surface area contributed by atoms with E-state index in [0.29, 0.717) is 5.82 Å². The highest BCUT2D eigenvalue weighted by atomic mass is 32.2. The predicted molar refractivity (Wildman–Crippen MR) is 117 cm³/mol. The van der Waals surface area contributed by atoms with Gasteiger partial charge in [-0.1, -0.05) is 18.2 Å². The summed E-state index contributed by atoms with van der Waals surface area (Å²) in [5.74, 6) is 0.597. The van der Waals surface area contributed by atoms with Crippen LogP contribution in [0, 0.1) is 25.2 Å². The second kappa shape index (κ2) is 7.74. The summed E-state index contributed by atoms with van der Waals surface area (Å²) >= 11 is 0. The summed E-state index contributed by atoms with van der Waals surface area (Å²) in [5.41, 5.74) is 2.49. The summed E-state index contributed by atoms with van der Waals surface area (Å²) in [7, 11) is -2.68. The summed E-state index contributed by atoms with van der Waals surface area (Å²) in [6, 6.07) is 16.3. The molecule has 156 valence electrons. The number of anilines is 1. The number of nitrogens with zero attached hydrogens (tertiary/aromatic N) is 4. The quantitative estimate of drug-likeness (QED) is 0.514. The Bertz CT molecular complexity index is 1450. The number of nitriles is 1. The van der Waals surface area contributed by atoms with E-state index in [0.717, 1.165) is 22.0 Å². The van der Waals surface area contributed by atoms with Crippen LogP contribution in [0.25, 0.3) is 16.7 Å². The number of rotatable bonds is 5. The number of methoxy groups -OCH3 is 1. The van der Waals surface area contributed by atoms with Crippen LogP contribution in [0.4, 0.5) is 5.82 Å². The van der Waals surface area contributed by atoms with Gasteiger partial charge >= 0.3 is 0 Å². The number of hydrogen-bond acceptors (Lipinski definition) is 6. The molecule has 4 rings (SSSR count). The van der Waals surface area contributed by atoms with Crippen LogP contribution in [0.3, 0.4) is 0 Å². The van der Waals surface area contributed by atoms with E-state index >= 15 is 0 Å². The molecule has 0 atom stereocenters. The number of ether oxygens (including phenoxy) is 1. The van der Waals surface area contributed by atoms with Crippen molar-refractivity contribution >= 4 is 26.7 Å². The van der Waals surface area contributed by atoms with Gasteiger partial charge in [-0.05, 0) is 55.3 Å². The van der Waals surface area contributed by atoms with E-state index in [1.165, 1.54) is 24.1 Å². The number of hydrogen-bond donors (Lipinski definition) is 1. The van der Waals surface area contributed by atoms with E-state index < -0.39 is 10.0 Å². The molecule has 1 N–H and O–H groups in total. The van der Waals surface area contributed by atoms with Crippen molar-refractivity contribution in [3.63, 3.8) is 0 Å². The molecule has 0 aliphatic carbocycles. The van der Waals surface area contributed by atoms with Gasteiger partial charge < -0.3 is 4.74 Å². The first-order valence-electron chi connectivity index (χ1n) is 9.36. The highest BCUT2D eigenvalue weighted by Gasteiger charge is 2.25. The third-order valence-electron chi connectivity index (χ3n) is 4.99. The Labute approximate surface area is 179 Å². The summed E-state index contributed by atoms with van der Waals surface area (Å²) in [5, 5.41) is 14.6. The number of pyridine rings is 1. The Kier molecular flexibility index (Phi) is 5.09. The fourth-order valence-electron chi connectivity index (χ4n) is 3.19. The molecular weight excluding hydrogens is 414 g/mol. The molecule has 0 fully saturated rings.